The van der Waals surface area contributed by atoms with Crippen LogP contribution < -0.4 is 0 Å². The fraction of sp³-hybridized carbons (Fsp3) is 0.625. The molecule has 4 rings (SSSR count). The average molecular weight is 212 g/mol. The van der Waals surface area contributed by atoms with Gasteiger partial charge >= 0.3 is 0 Å². The second-order valence-corrected chi connectivity index (χ2v) is 7.08. The summed E-state index contributed by atoms with van der Waals surface area (Å²) in [5.74, 6) is 1.96. The molecule has 0 nitrogen and oxygen atoms in total. The predicted octanol–water partition coefficient (Wildman–Crippen LogP) is 4.01. The third kappa shape index (κ3) is 0.724. The van der Waals surface area contributed by atoms with E-state index in [0.717, 1.165) is 11.8 Å². The normalized spacial score (nSPS) is 50.7. The summed E-state index contributed by atoms with van der Waals surface area (Å²) in [6.07, 6.45) is 2.93. The van der Waals surface area contributed by atoms with Crippen molar-refractivity contribution in [3.63, 3.8) is 0 Å². The van der Waals surface area contributed by atoms with E-state index in [1.165, 1.54) is 12.8 Å². The Balaban J connectivity index is 1.87. The maximum atomic E-state index is 2.53. The smallest absolute Gasteiger partial charge is 0.00439 e. The SMILES string of the molecule is CC12CC1C(C)(C)C1(c3ccccc3)CC21. The van der Waals surface area contributed by atoms with Gasteiger partial charge in [-0.1, -0.05) is 51.1 Å². The number of hydrogen-bond acceptors (Lipinski definition) is 0. The van der Waals surface area contributed by atoms with Crippen molar-refractivity contribution in [2.75, 3.05) is 0 Å². The van der Waals surface area contributed by atoms with Crippen molar-refractivity contribution in [3.8, 4) is 0 Å². The highest BCUT2D eigenvalue weighted by Crippen LogP contribution is 2.89. The third-order valence-electron chi connectivity index (χ3n) is 6.35. The highest BCUT2D eigenvalue weighted by molar-refractivity contribution is 5.46. The molecule has 0 bridgehead atoms. The Labute approximate surface area is 98.1 Å². The van der Waals surface area contributed by atoms with Gasteiger partial charge in [-0.15, -0.1) is 0 Å². The minimum atomic E-state index is 0.522. The fourth-order valence-corrected chi connectivity index (χ4v) is 5.35. The lowest BCUT2D eigenvalue weighted by Gasteiger charge is -2.34. The molecule has 4 atom stereocenters. The van der Waals surface area contributed by atoms with E-state index in [-0.39, 0.29) is 0 Å². The van der Waals surface area contributed by atoms with Crippen LogP contribution in [0.4, 0.5) is 0 Å². The van der Waals surface area contributed by atoms with E-state index >= 15 is 0 Å². The molecule has 3 fully saturated rings. The van der Waals surface area contributed by atoms with E-state index in [4.69, 9.17) is 0 Å². The first kappa shape index (κ1) is 9.27. The summed E-state index contributed by atoms with van der Waals surface area (Å²) < 4.78 is 0. The zero-order valence-electron chi connectivity index (χ0n) is 10.5. The third-order valence-corrected chi connectivity index (χ3v) is 6.35. The van der Waals surface area contributed by atoms with E-state index in [2.05, 4.69) is 51.1 Å². The molecule has 0 aliphatic heterocycles. The van der Waals surface area contributed by atoms with E-state index < -0.39 is 0 Å². The van der Waals surface area contributed by atoms with Crippen LogP contribution >= 0.6 is 0 Å². The monoisotopic (exact) mass is 212 g/mol. The number of fused-ring (bicyclic) bond motifs is 3. The highest BCUT2D eigenvalue weighted by atomic mass is 14.9. The van der Waals surface area contributed by atoms with Gasteiger partial charge in [0.15, 0.2) is 0 Å². The number of rotatable bonds is 1. The Morgan fingerprint density at radius 3 is 2.19 bits per heavy atom. The molecule has 3 aliphatic carbocycles. The Hall–Kier alpha value is -0.780. The summed E-state index contributed by atoms with van der Waals surface area (Å²) in [4.78, 5) is 0. The molecule has 3 saturated carbocycles. The summed E-state index contributed by atoms with van der Waals surface area (Å²) in [7, 11) is 0. The molecule has 0 spiro atoms. The number of benzene rings is 1. The standard InChI is InChI=1S/C16H20/c1-14(2)12-9-15(12,3)13-10-16(13,14)11-7-5-4-6-8-11/h4-8,12-13H,9-10H2,1-3H3. The van der Waals surface area contributed by atoms with Crippen molar-refractivity contribution in [2.24, 2.45) is 22.7 Å². The summed E-state index contributed by atoms with van der Waals surface area (Å²) in [5, 5.41) is 0. The molecule has 1 aromatic carbocycles. The van der Waals surface area contributed by atoms with Crippen LogP contribution in [-0.2, 0) is 5.41 Å². The van der Waals surface area contributed by atoms with Crippen LogP contribution in [0.5, 0.6) is 0 Å². The molecule has 0 radical (unpaired) electrons. The first-order chi connectivity index (χ1) is 7.53. The molecule has 16 heavy (non-hydrogen) atoms. The average Bonchev–Trinajstić information content (AvgIpc) is 3.10. The molecule has 4 unspecified atom stereocenters. The second kappa shape index (κ2) is 2.25. The van der Waals surface area contributed by atoms with E-state index in [0.29, 0.717) is 16.2 Å². The lowest BCUT2D eigenvalue weighted by atomic mass is 9.70. The minimum Gasteiger partial charge on any atom is -0.0622 e. The summed E-state index contributed by atoms with van der Waals surface area (Å²) in [6.45, 7) is 7.56. The summed E-state index contributed by atoms with van der Waals surface area (Å²) >= 11 is 0. The lowest BCUT2D eigenvalue weighted by molar-refractivity contribution is 0.236. The van der Waals surface area contributed by atoms with Gasteiger partial charge in [-0.05, 0) is 41.1 Å². The van der Waals surface area contributed by atoms with Crippen LogP contribution in [0.2, 0.25) is 0 Å². The van der Waals surface area contributed by atoms with Gasteiger partial charge in [-0.3, -0.25) is 0 Å². The zero-order chi connectivity index (χ0) is 11.2. The topological polar surface area (TPSA) is 0 Å². The Morgan fingerprint density at radius 2 is 1.62 bits per heavy atom. The van der Waals surface area contributed by atoms with Gasteiger partial charge in [0, 0.05) is 5.41 Å². The Kier molecular flexibility index (Phi) is 1.30. The van der Waals surface area contributed by atoms with Gasteiger partial charge in [-0.2, -0.15) is 0 Å². The van der Waals surface area contributed by atoms with E-state index in [1.807, 2.05) is 0 Å². The molecule has 0 aromatic heterocycles. The molecule has 0 saturated heterocycles. The molecule has 0 heteroatoms. The van der Waals surface area contributed by atoms with Crippen molar-refractivity contribution >= 4 is 0 Å². The van der Waals surface area contributed by atoms with Crippen LogP contribution in [0.3, 0.4) is 0 Å². The van der Waals surface area contributed by atoms with Crippen LogP contribution in [0.25, 0.3) is 0 Å². The first-order valence-corrected chi connectivity index (χ1v) is 6.59. The zero-order valence-corrected chi connectivity index (χ0v) is 10.5. The van der Waals surface area contributed by atoms with Gasteiger partial charge in [-0.25, -0.2) is 0 Å². The Bertz CT molecular complexity index is 458. The molecule has 3 aliphatic rings. The predicted molar refractivity (Wildman–Crippen MR) is 66.2 cm³/mol. The fourth-order valence-electron chi connectivity index (χ4n) is 5.35. The van der Waals surface area contributed by atoms with Crippen molar-refractivity contribution in [2.45, 2.75) is 39.0 Å². The van der Waals surface area contributed by atoms with Crippen molar-refractivity contribution in [1.29, 1.82) is 0 Å². The minimum absolute atomic E-state index is 0.522. The summed E-state index contributed by atoms with van der Waals surface area (Å²) in [6, 6.07) is 11.3. The van der Waals surface area contributed by atoms with Crippen molar-refractivity contribution in [3.05, 3.63) is 35.9 Å². The van der Waals surface area contributed by atoms with Crippen LogP contribution in [-0.4, -0.2) is 0 Å². The largest absolute Gasteiger partial charge is 0.0622 e. The van der Waals surface area contributed by atoms with Crippen LogP contribution in [0, 0.1) is 22.7 Å². The molecular formula is C16H20. The molecule has 0 heterocycles. The van der Waals surface area contributed by atoms with Crippen LogP contribution in [0.15, 0.2) is 30.3 Å². The molecule has 84 valence electrons. The van der Waals surface area contributed by atoms with Crippen molar-refractivity contribution < 1.29 is 0 Å². The van der Waals surface area contributed by atoms with Gasteiger partial charge in [0.1, 0.15) is 0 Å². The van der Waals surface area contributed by atoms with Gasteiger partial charge < -0.3 is 0 Å². The van der Waals surface area contributed by atoms with Gasteiger partial charge in [0.2, 0.25) is 0 Å². The van der Waals surface area contributed by atoms with Crippen LogP contribution in [0.1, 0.15) is 39.2 Å². The molecule has 1 aromatic rings. The van der Waals surface area contributed by atoms with E-state index in [1.54, 1.807) is 5.56 Å². The quantitative estimate of drug-likeness (QED) is 0.660. The maximum absolute atomic E-state index is 2.53. The molecular weight excluding hydrogens is 192 g/mol. The van der Waals surface area contributed by atoms with E-state index in [9.17, 15) is 0 Å². The first-order valence-electron chi connectivity index (χ1n) is 6.59. The van der Waals surface area contributed by atoms with Gasteiger partial charge in [0.25, 0.3) is 0 Å². The second-order valence-electron chi connectivity index (χ2n) is 7.08. The Morgan fingerprint density at radius 1 is 0.938 bits per heavy atom. The maximum Gasteiger partial charge on any atom is 0.00439 e. The lowest BCUT2D eigenvalue weighted by Crippen LogP contribution is -2.30. The summed E-state index contributed by atoms with van der Waals surface area (Å²) in [5.41, 5.74) is 3.36. The molecule has 0 amide bonds. The van der Waals surface area contributed by atoms with Crippen molar-refractivity contribution in [1.82, 2.24) is 0 Å². The molecule has 0 N–H and O–H groups in total. The number of hydrogen-bond donors (Lipinski definition) is 0. The highest BCUT2D eigenvalue weighted by Gasteiger charge is 2.85. The van der Waals surface area contributed by atoms with Gasteiger partial charge in [0.05, 0.1) is 0 Å².